The molecule has 2 aromatic carbocycles. The molecular weight excluding hydrogens is 373 g/mol. The van der Waals surface area contributed by atoms with Crippen molar-refractivity contribution in [1.29, 1.82) is 0 Å². The van der Waals surface area contributed by atoms with Crippen LogP contribution in [-0.2, 0) is 14.4 Å². The average Bonchev–Trinajstić information content (AvgIpc) is 2.72. The van der Waals surface area contributed by atoms with Crippen LogP contribution in [0.1, 0.15) is 19.8 Å². The molecule has 3 rings (SSSR count). The second kappa shape index (κ2) is 9.32. The molecule has 1 saturated heterocycles. The lowest BCUT2D eigenvalue weighted by Gasteiger charge is -2.32. The van der Waals surface area contributed by atoms with E-state index in [0.29, 0.717) is 25.2 Å². The summed E-state index contributed by atoms with van der Waals surface area (Å²) in [5.41, 5.74) is 2.38. The van der Waals surface area contributed by atoms with E-state index in [9.17, 15) is 18.8 Å². The highest BCUT2D eigenvalue weighted by Gasteiger charge is 2.28. The van der Waals surface area contributed by atoms with Gasteiger partial charge < -0.3 is 15.5 Å². The van der Waals surface area contributed by atoms with Gasteiger partial charge in [0.25, 0.3) is 0 Å². The lowest BCUT2D eigenvalue weighted by atomic mass is 9.96. The molecule has 0 aromatic heterocycles. The van der Waals surface area contributed by atoms with Crippen molar-refractivity contribution in [2.45, 2.75) is 19.8 Å². The molecule has 1 heterocycles. The van der Waals surface area contributed by atoms with E-state index >= 15 is 0 Å². The zero-order valence-electron chi connectivity index (χ0n) is 16.3. The smallest absolute Gasteiger partial charge is 0.241 e. The van der Waals surface area contributed by atoms with Gasteiger partial charge in [-0.05, 0) is 48.2 Å². The van der Waals surface area contributed by atoms with Gasteiger partial charge in [-0.25, -0.2) is 4.39 Å². The Balaban J connectivity index is 1.62. The number of carbonyl (C=O) groups excluding carboxylic acids is 3. The van der Waals surface area contributed by atoms with Gasteiger partial charge in [-0.15, -0.1) is 0 Å². The molecule has 7 heteroatoms. The third kappa shape index (κ3) is 5.63. The van der Waals surface area contributed by atoms with Gasteiger partial charge in [0, 0.05) is 25.7 Å². The first kappa shape index (κ1) is 20.5. The van der Waals surface area contributed by atoms with Crippen LogP contribution in [0, 0.1) is 11.7 Å². The van der Waals surface area contributed by atoms with Gasteiger partial charge in [0.2, 0.25) is 17.7 Å². The van der Waals surface area contributed by atoms with E-state index in [4.69, 9.17) is 0 Å². The van der Waals surface area contributed by atoms with Crippen LogP contribution in [0.25, 0.3) is 11.1 Å². The van der Waals surface area contributed by atoms with E-state index in [2.05, 4.69) is 10.6 Å². The number of carbonyl (C=O) groups is 3. The Labute approximate surface area is 169 Å². The number of halogens is 1. The van der Waals surface area contributed by atoms with E-state index in [1.54, 1.807) is 23.1 Å². The second-order valence-corrected chi connectivity index (χ2v) is 7.17. The zero-order valence-corrected chi connectivity index (χ0v) is 16.3. The summed E-state index contributed by atoms with van der Waals surface area (Å²) in [5.74, 6) is -1.19. The molecule has 6 nitrogen and oxygen atoms in total. The standard InChI is InChI=1S/C22H24FN3O3/c1-15(27)24-13-21(28)26-11-3-5-18(14-26)22(29)25-20-6-2-4-17(12-20)16-7-9-19(23)10-8-16/h2,4,6-10,12,18H,3,5,11,13-14H2,1H3,(H,24,27)(H,25,29)/t18-/m1/s1. The minimum atomic E-state index is -0.306. The van der Waals surface area contributed by atoms with Crippen molar-refractivity contribution in [3.8, 4) is 11.1 Å². The van der Waals surface area contributed by atoms with Crippen molar-refractivity contribution >= 4 is 23.4 Å². The van der Waals surface area contributed by atoms with Crippen LogP contribution < -0.4 is 10.6 Å². The third-order valence-corrected chi connectivity index (χ3v) is 4.94. The van der Waals surface area contributed by atoms with Gasteiger partial charge in [0.1, 0.15) is 5.82 Å². The molecular formula is C22H24FN3O3. The van der Waals surface area contributed by atoms with Crippen molar-refractivity contribution in [2.75, 3.05) is 25.0 Å². The van der Waals surface area contributed by atoms with Crippen molar-refractivity contribution in [3.05, 3.63) is 54.3 Å². The summed E-state index contributed by atoms with van der Waals surface area (Å²) in [6.45, 7) is 2.23. The molecule has 1 aliphatic rings. The van der Waals surface area contributed by atoms with Crippen LogP contribution in [0.4, 0.5) is 10.1 Å². The number of piperidine rings is 1. The van der Waals surface area contributed by atoms with Crippen molar-refractivity contribution < 1.29 is 18.8 Å². The van der Waals surface area contributed by atoms with Gasteiger partial charge in [-0.1, -0.05) is 24.3 Å². The van der Waals surface area contributed by atoms with E-state index in [1.165, 1.54) is 19.1 Å². The minimum absolute atomic E-state index is 0.0522. The summed E-state index contributed by atoms with van der Waals surface area (Å²) in [6, 6.07) is 13.5. The molecule has 1 fully saturated rings. The first-order valence-electron chi connectivity index (χ1n) is 9.61. The van der Waals surface area contributed by atoms with Gasteiger partial charge >= 0.3 is 0 Å². The number of nitrogens with zero attached hydrogens (tertiary/aromatic N) is 1. The van der Waals surface area contributed by atoms with Crippen LogP contribution in [0.3, 0.4) is 0 Å². The lowest BCUT2D eigenvalue weighted by Crippen LogP contribution is -2.47. The molecule has 0 aliphatic carbocycles. The predicted octanol–water partition coefficient (Wildman–Crippen LogP) is 2.81. The van der Waals surface area contributed by atoms with Gasteiger partial charge in [-0.3, -0.25) is 14.4 Å². The Morgan fingerprint density at radius 1 is 1.10 bits per heavy atom. The number of likely N-dealkylation sites (tertiary alicyclic amines) is 1. The Morgan fingerprint density at radius 2 is 1.86 bits per heavy atom. The SMILES string of the molecule is CC(=O)NCC(=O)N1CCC[C@@H](C(=O)Nc2cccc(-c3ccc(F)cc3)c2)C1. The van der Waals surface area contributed by atoms with Crippen molar-refractivity contribution in [1.82, 2.24) is 10.2 Å². The summed E-state index contributed by atoms with van der Waals surface area (Å²) in [7, 11) is 0. The fourth-order valence-corrected chi connectivity index (χ4v) is 3.39. The number of amides is 3. The second-order valence-electron chi connectivity index (χ2n) is 7.17. The number of rotatable bonds is 5. The number of hydrogen-bond donors (Lipinski definition) is 2. The number of anilines is 1. The summed E-state index contributed by atoms with van der Waals surface area (Å²) in [5, 5.41) is 5.42. The molecule has 29 heavy (non-hydrogen) atoms. The quantitative estimate of drug-likeness (QED) is 0.814. The zero-order chi connectivity index (χ0) is 20.8. The molecule has 152 valence electrons. The first-order valence-corrected chi connectivity index (χ1v) is 9.61. The lowest BCUT2D eigenvalue weighted by molar-refractivity contribution is -0.135. The molecule has 0 saturated carbocycles. The normalized spacial score (nSPS) is 16.2. The fraction of sp³-hybridized carbons (Fsp3) is 0.318. The Morgan fingerprint density at radius 3 is 2.59 bits per heavy atom. The molecule has 2 N–H and O–H groups in total. The molecule has 2 aromatic rings. The van der Waals surface area contributed by atoms with E-state index in [-0.39, 0.29) is 36.0 Å². The van der Waals surface area contributed by atoms with E-state index in [0.717, 1.165) is 17.5 Å². The third-order valence-electron chi connectivity index (χ3n) is 4.94. The van der Waals surface area contributed by atoms with Gasteiger partial charge in [0.05, 0.1) is 12.5 Å². The van der Waals surface area contributed by atoms with Crippen molar-refractivity contribution in [3.63, 3.8) is 0 Å². The van der Waals surface area contributed by atoms with Crippen LogP contribution >= 0.6 is 0 Å². The monoisotopic (exact) mass is 397 g/mol. The molecule has 0 radical (unpaired) electrons. The van der Waals surface area contributed by atoms with E-state index in [1.807, 2.05) is 18.2 Å². The molecule has 1 atom stereocenters. The molecule has 0 bridgehead atoms. The highest BCUT2D eigenvalue weighted by atomic mass is 19.1. The highest BCUT2D eigenvalue weighted by Crippen LogP contribution is 2.24. The Bertz CT molecular complexity index is 898. The number of hydrogen-bond acceptors (Lipinski definition) is 3. The maximum atomic E-state index is 13.1. The fourth-order valence-electron chi connectivity index (χ4n) is 3.39. The summed E-state index contributed by atoms with van der Waals surface area (Å²) in [4.78, 5) is 37.5. The van der Waals surface area contributed by atoms with Crippen LogP contribution in [0.2, 0.25) is 0 Å². The number of nitrogens with one attached hydrogen (secondary N) is 2. The largest absolute Gasteiger partial charge is 0.347 e. The first-order chi connectivity index (χ1) is 13.9. The Kier molecular flexibility index (Phi) is 6.59. The van der Waals surface area contributed by atoms with Crippen LogP contribution in [-0.4, -0.2) is 42.3 Å². The van der Waals surface area contributed by atoms with Gasteiger partial charge in [-0.2, -0.15) is 0 Å². The molecule has 1 aliphatic heterocycles. The number of benzene rings is 2. The summed E-state index contributed by atoms with van der Waals surface area (Å²) >= 11 is 0. The molecule has 0 spiro atoms. The molecule has 0 unspecified atom stereocenters. The summed E-state index contributed by atoms with van der Waals surface area (Å²) in [6.07, 6.45) is 1.44. The van der Waals surface area contributed by atoms with Crippen LogP contribution in [0.5, 0.6) is 0 Å². The summed E-state index contributed by atoms with van der Waals surface area (Å²) < 4.78 is 13.1. The van der Waals surface area contributed by atoms with E-state index < -0.39 is 0 Å². The van der Waals surface area contributed by atoms with Crippen LogP contribution in [0.15, 0.2) is 48.5 Å². The average molecular weight is 397 g/mol. The maximum Gasteiger partial charge on any atom is 0.241 e. The molecule has 3 amide bonds. The van der Waals surface area contributed by atoms with Crippen molar-refractivity contribution in [2.24, 2.45) is 5.92 Å². The topological polar surface area (TPSA) is 78.5 Å². The highest BCUT2D eigenvalue weighted by molar-refractivity contribution is 5.94. The van der Waals surface area contributed by atoms with Gasteiger partial charge in [0.15, 0.2) is 0 Å². The maximum absolute atomic E-state index is 13.1. The minimum Gasteiger partial charge on any atom is -0.347 e. The predicted molar refractivity (Wildman–Crippen MR) is 108 cm³/mol. The Hall–Kier alpha value is -3.22.